The fourth-order valence-electron chi connectivity index (χ4n) is 4.25. The van der Waals surface area contributed by atoms with Crippen LogP contribution in [0.25, 0.3) is 0 Å². The molecule has 1 atom stereocenters. The first-order valence-electron chi connectivity index (χ1n) is 8.97. The van der Waals surface area contributed by atoms with Gasteiger partial charge in [0.2, 0.25) is 0 Å². The molecule has 0 aromatic heterocycles. The minimum Gasteiger partial charge on any atom is -0.376 e. The van der Waals surface area contributed by atoms with Gasteiger partial charge in [-0.1, -0.05) is 0 Å². The third kappa shape index (κ3) is 4.41. The van der Waals surface area contributed by atoms with Crippen LogP contribution in [0.5, 0.6) is 0 Å². The summed E-state index contributed by atoms with van der Waals surface area (Å²) < 4.78 is 5.67. The number of piperidine rings is 2. The van der Waals surface area contributed by atoms with Crippen LogP contribution in [-0.2, 0) is 4.74 Å². The molecule has 0 saturated carbocycles. The molecule has 0 unspecified atom stereocenters. The molecule has 21 heavy (non-hydrogen) atoms. The van der Waals surface area contributed by atoms with E-state index in [1.165, 1.54) is 58.4 Å². The van der Waals surface area contributed by atoms with Crippen LogP contribution in [0.2, 0.25) is 0 Å². The number of ether oxygens (including phenoxy) is 1. The van der Waals surface area contributed by atoms with Crippen molar-refractivity contribution in [2.24, 2.45) is 5.92 Å². The van der Waals surface area contributed by atoms with Gasteiger partial charge in [0.25, 0.3) is 0 Å². The lowest BCUT2D eigenvalue weighted by Gasteiger charge is -2.42. The van der Waals surface area contributed by atoms with Crippen molar-refractivity contribution in [3.8, 4) is 0 Å². The Balaban J connectivity index is 1.38. The first-order valence-corrected chi connectivity index (χ1v) is 8.97. The molecule has 122 valence electrons. The smallest absolute Gasteiger partial charge is 0.0674 e. The van der Waals surface area contributed by atoms with Crippen molar-refractivity contribution < 1.29 is 4.74 Å². The van der Waals surface area contributed by atoms with E-state index < -0.39 is 0 Å². The van der Waals surface area contributed by atoms with E-state index in [2.05, 4.69) is 28.7 Å². The Labute approximate surface area is 130 Å². The van der Waals surface area contributed by atoms with Crippen molar-refractivity contribution in [3.05, 3.63) is 0 Å². The molecule has 0 radical (unpaired) electrons. The molecule has 0 bridgehead atoms. The second-order valence-electron chi connectivity index (χ2n) is 7.45. The predicted octanol–water partition coefficient (Wildman–Crippen LogP) is 1.51. The van der Waals surface area contributed by atoms with E-state index in [1.807, 2.05) is 0 Å². The molecule has 4 heteroatoms. The maximum atomic E-state index is 5.67. The van der Waals surface area contributed by atoms with E-state index >= 15 is 0 Å². The lowest BCUT2D eigenvalue weighted by atomic mass is 9.94. The van der Waals surface area contributed by atoms with Crippen molar-refractivity contribution in [2.45, 2.75) is 44.8 Å². The highest BCUT2D eigenvalue weighted by atomic mass is 16.5. The van der Waals surface area contributed by atoms with E-state index in [1.54, 1.807) is 0 Å². The third-order valence-electron chi connectivity index (χ3n) is 5.70. The zero-order chi connectivity index (χ0) is 14.7. The summed E-state index contributed by atoms with van der Waals surface area (Å²) in [6.07, 6.45) is 5.95. The van der Waals surface area contributed by atoms with E-state index in [9.17, 15) is 0 Å². The first-order chi connectivity index (χ1) is 10.2. The molecular formula is C17H33N3O. The highest BCUT2D eigenvalue weighted by Gasteiger charge is 2.29. The Kier molecular flexibility index (Phi) is 5.54. The summed E-state index contributed by atoms with van der Waals surface area (Å²) in [5.74, 6) is 0.946. The van der Waals surface area contributed by atoms with Gasteiger partial charge in [-0.3, -0.25) is 4.90 Å². The van der Waals surface area contributed by atoms with Gasteiger partial charge in [0, 0.05) is 25.7 Å². The summed E-state index contributed by atoms with van der Waals surface area (Å²) in [4.78, 5) is 7.89. The standard InChI is InChI=1S/C17H33N3O/c1-15-13-20(11-12-21-15)17-5-9-19(10-6-17)14-16-3-7-18(2)8-4-16/h15-17H,3-14H2,1-2H3/t15-/m0/s1. The fraction of sp³-hybridized carbons (Fsp3) is 1.00. The van der Waals surface area contributed by atoms with Gasteiger partial charge in [0.05, 0.1) is 12.7 Å². The highest BCUT2D eigenvalue weighted by molar-refractivity contribution is 4.84. The van der Waals surface area contributed by atoms with Crippen LogP contribution in [0.3, 0.4) is 0 Å². The molecule has 0 aliphatic carbocycles. The first kappa shape index (κ1) is 15.7. The predicted molar refractivity (Wildman–Crippen MR) is 86.7 cm³/mol. The minimum atomic E-state index is 0.427. The number of rotatable bonds is 3. The topological polar surface area (TPSA) is 19.0 Å². The molecule has 3 rings (SSSR count). The van der Waals surface area contributed by atoms with E-state index in [4.69, 9.17) is 4.74 Å². The molecule has 3 saturated heterocycles. The molecule has 0 N–H and O–H groups in total. The van der Waals surface area contributed by atoms with Crippen molar-refractivity contribution >= 4 is 0 Å². The molecule has 4 nitrogen and oxygen atoms in total. The van der Waals surface area contributed by atoms with E-state index in [0.29, 0.717) is 6.10 Å². The van der Waals surface area contributed by atoms with E-state index in [0.717, 1.165) is 31.7 Å². The Morgan fingerprint density at radius 1 is 0.952 bits per heavy atom. The summed E-state index contributed by atoms with van der Waals surface area (Å²) in [5.41, 5.74) is 0. The Morgan fingerprint density at radius 3 is 2.33 bits per heavy atom. The summed E-state index contributed by atoms with van der Waals surface area (Å²) in [6, 6.07) is 0.810. The van der Waals surface area contributed by atoms with Gasteiger partial charge in [0.15, 0.2) is 0 Å². The SMILES string of the molecule is C[C@H]1CN(C2CCN(CC3CCN(C)CC3)CC2)CCO1. The molecule has 0 amide bonds. The Morgan fingerprint density at radius 2 is 1.67 bits per heavy atom. The van der Waals surface area contributed by atoms with Crippen molar-refractivity contribution in [3.63, 3.8) is 0 Å². The Bertz CT molecular complexity index is 309. The fourth-order valence-corrected chi connectivity index (χ4v) is 4.25. The van der Waals surface area contributed by atoms with Crippen LogP contribution in [0.15, 0.2) is 0 Å². The number of nitrogens with zero attached hydrogens (tertiary/aromatic N) is 3. The van der Waals surface area contributed by atoms with Gasteiger partial charge in [-0.25, -0.2) is 0 Å². The maximum Gasteiger partial charge on any atom is 0.0674 e. The average molecular weight is 295 g/mol. The zero-order valence-corrected chi connectivity index (χ0v) is 14.0. The molecule has 0 spiro atoms. The molecule has 3 aliphatic rings. The summed E-state index contributed by atoms with van der Waals surface area (Å²) >= 11 is 0. The molecule has 3 aliphatic heterocycles. The van der Waals surface area contributed by atoms with Crippen molar-refractivity contribution in [1.29, 1.82) is 0 Å². The Hall–Kier alpha value is -0.160. The lowest BCUT2D eigenvalue weighted by Crippen LogP contribution is -2.51. The molecular weight excluding hydrogens is 262 g/mol. The minimum absolute atomic E-state index is 0.427. The van der Waals surface area contributed by atoms with Gasteiger partial charge in [-0.2, -0.15) is 0 Å². The second kappa shape index (κ2) is 7.40. The highest BCUT2D eigenvalue weighted by Crippen LogP contribution is 2.22. The lowest BCUT2D eigenvalue weighted by molar-refractivity contribution is -0.0442. The molecule has 0 aromatic rings. The van der Waals surface area contributed by atoms with Gasteiger partial charge in [-0.15, -0.1) is 0 Å². The summed E-state index contributed by atoms with van der Waals surface area (Å²) in [7, 11) is 2.25. The normalized spacial score (nSPS) is 32.6. The number of morpholine rings is 1. The van der Waals surface area contributed by atoms with Crippen LogP contribution in [0.1, 0.15) is 32.6 Å². The number of likely N-dealkylation sites (tertiary alicyclic amines) is 2. The third-order valence-corrected chi connectivity index (χ3v) is 5.70. The number of hydrogen-bond acceptors (Lipinski definition) is 4. The quantitative estimate of drug-likeness (QED) is 0.785. The molecule has 3 fully saturated rings. The molecule has 0 aromatic carbocycles. The number of hydrogen-bond donors (Lipinski definition) is 0. The van der Waals surface area contributed by atoms with Crippen LogP contribution >= 0.6 is 0 Å². The van der Waals surface area contributed by atoms with Crippen molar-refractivity contribution in [2.75, 3.05) is 59.5 Å². The van der Waals surface area contributed by atoms with Gasteiger partial charge >= 0.3 is 0 Å². The second-order valence-corrected chi connectivity index (χ2v) is 7.45. The molecule has 3 heterocycles. The maximum absolute atomic E-state index is 5.67. The van der Waals surface area contributed by atoms with Gasteiger partial charge < -0.3 is 14.5 Å². The monoisotopic (exact) mass is 295 g/mol. The summed E-state index contributed by atoms with van der Waals surface area (Å²) in [6.45, 7) is 12.0. The largest absolute Gasteiger partial charge is 0.376 e. The van der Waals surface area contributed by atoms with Gasteiger partial charge in [0.1, 0.15) is 0 Å². The van der Waals surface area contributed by atoms with Crippen LogP contribution < -0.4 is 0 Å². The van der Waals surface area contributed by atoms with Crippen molar-refractivity contribution in [1.82, 2.24) is 14.7 Å². The van der Waals surface area contributed by atoms with Gasteiger partial charge in [-0.05, 0) is 71.8 Å². The summed E-state index contributed by atoms with van der Waals surface area (Å²) in [5, 5.41) is 0. The van der Waals surface area contributed by atoms with Crippen LogP contribution in [-0.4, -0.2) is 86.3 Å². The zero-order valence-electron chi connectivity index (χ0n) is 14.0. The van der Waals surface area contributed by atoms with Crippen LogP contribution in [0, 0.1) is 5.92 Å². The van der Waals surface area contributed by atoms with E-state index in [-0.39, 0.29) is 0 Å². The average Bonchev–Trinajstić information content (AvgIpc) is 2.50. The van der Waals surface area contributed by atoms with Crippen LogP contribution in [0.4, 0.5) is 0 Å².